The van der Waals surface area contributed by atoms with Gasteiger partial charge in [0.1, 0.15) is 5.70 Å². The minimum atomic E-state index is -0.329. The Balaban J connectivity index is 1.88. The topological polar surface area (TPSA) is 53.5 Å². The van der Waals surface area contributed by atoms with Crippen LogP contribution in [0.3, 0.4) is 0 Å². The van der Waals surface area contributed by atoms with Gasteiger partial charge in [-0.15, -0.1) is 0 Å². The average Bonchev–Trinajstić information content (AvgIpc) is 2.85. The molecule has 1 fully saturated rings. The van der Waals surface area contributed by atoms with Gasteiger partial charge in [-0.1, -0.05) is 52.5 Å². The van der Waals surface area contributed by atoms with E-state index in [0.717, 1.165) is 0 Å². The van der Waals surface area contributed by atoms with Crippen LogP contribution in [0.2, 0.25) is 20.1 Å². The maximum atomic E-state index is 12.1. The highest BCUT2D eigenvalue weighted by atomic mass is 35.5. The zero-order valence-electron chi connectivity index (χ0n) is 11.9. The predicted octanol–water partition coefficient (Wildman–Crippen LogP) is 5.05. The molecule has 2 aromatic carbocycles. The number of aliphatic imine (C=N–C) groups is 1. The third-order valence-corrected chi connectivity index (χ3v) is 4.23. The molecular weight excluding hydrogens is 392 g/mol. The van der Waals surface area contributed by atoms with Gasteiger partial charge in [-0.3, -0.25) is 10.1 Å². The highest BCUT2D eigenvalue weighted by molar-refractivity contribution is 6.36. The molecule has 0 radical (unpaired) electrons. The van der Waals surface area contributed by atoms with E-state index in [-0.39, 0.29) is 11.9 Å². The third-order valence-electron chi connectivity index (χ3n) is 3.13. The van der Waals surface area contributed by atoms with Crippen molar-refractivity contribution in [2.45, 2.75) is 0 Å². The smallest absolute Gasteiger partial charge is 0.274 e. The summed E-state index contributed by atoms with van der Waals surface area (Å²) in [7, 11) is 0. The third kappa shape index (κ3) is 3.84. The van der Waals surface area contributed by atoms with Crippen LogP contribution in [0.25, 0.3) is 6.08 Å². The summed E-state index contributed by atoms with van der Waals surface area (Å²) < 4.78 is 0. The first-order valence-corrected chi connectivity index (χ1v) is 8.22. The highest BCUT2D eigenvalue weighted by Crippen LogP contribution is 2.28. The van der Waals surface area contributed by atoms with Crippen LogP contribution in [-0.2, 0) is 4.79 Å². The van der Waals surface area contributed by atoms with Gasteiger partial charge in [0.2, 0.25) is 5.96 Å². The molecule has 0 atom stereocenters. The minimum absolute atomic E-state index is 0.264. The van der Waals surface area contributed by atoms with E-state index < -0.39 is 0 Å². The molecule has 8 heteroatoms. The molecule has 1 aliphatic heterocycles. The van der Waals surface area contributed by atoms with Gasteiger partial charge in [-0.05, 0) is 42.0 Å². The molecule has 1 aliphatic rings. The summed E-state index contributed by atoms with van der Waals surface area (Å²) in [6.07, 6.45) is 1.61. The Labute approximate surface area is 158 Å². The first-order chi connectivity index (χ1) is 11.4. The number of hydrogen-bond acceptors (Lipinski definition) is 2. The summed E-state index contributed by atoms with van der Waals surface area (Å²) >= 11 is 23.9. The Kier molecular flexibility index (Phi) is 5.01. The van der Waals surface area contributed by atoms with E-state index in [1.54, 1.807) is 42.5 Å². The van der Waals surface area contributed by atoms with Crippen LogP contribution in [-0.4, -0.2) is 11.9 Å². The van der Waals surface area contributed by atoms with E-state index in [1.807, 2.05) is 0 Å². The SMILES string of the molecule is O=C1NC(=Nc2ccc(Cl)cc2Cl)N/C1=C/c1ccc(Cl)cc1Cl. The van der Waals surface area contributed by atoms with Gasteiger partial charge in [0.05, 0.1) is 10.7 Å². The molecule has 3 rings (SSSR count). The maximum Gasteiger partial charge on any atom is 0.274 e. The normalized spacial score (nSPS) is 17.2. The van der Waals surface area contributed by atoms with E-state index in [9.17, 15) is 4.79 Å². The van der Waals surface area contributed by atoms with Crippen molar-refractivity contribution in [2.75, 3.05) is 0 Å². The molecule has 0 bridgehead atoms. The number of carbonyl (C=O) groups is 1. The van der Waals surface area contributed by atoms with Crippen molar-refractivity contribution >= 4 is 70.0 Å². The van der Waals surface area contributed by atoms with Crippen molar-refractivity contribution in [1.82, 2.24) is 10.6 Å². The monoisotopic (exact) mass is 399 g/mol. The number of benzene rings is 2. The van der Waals surface area contributed by atoms with Gasteiger partial charge in [-0.25, -0.2) is 4.99 Å². The maximum absolute atomic E-state index is 12.1. The zero-order chi connectivity index (χ0) is 17.3. The highest BCUT2D eigenvalue weighted by Gasteiger charge is 2.22. The Bertz CT molecular complexity index is 893. The molecule has 122 valence electrons. The predicted molar refractivity (Wildman–Crippen MR) is 99.3 cm³/mol. The molecule has 0 aromatic heterocycles. The molecule has 0 aliphatic carbocycles. The van der Waals surface area contributed by atoms with Crippen LogP contribution in [0, 0.1) is 0 Å². The molecule has 0 unspecified atom stereocenters. The lowest BCUT2D eigenvalue weighted by molar-refractivity contribution is -0.115. The molecule has 0 saturated carbocycles. The van der Waals surface area contributed by atoms with Crippen LogP contribution in [0.4, 0.5) is 5.69 Å². The first kappa shape index (κ1) is 17.1. The molecule has 2 aromatic rings. The lowest BCUT2D eigenvalue weighted by Crippen LogP contribution is -2.24. The molecule has 2 N–H and O–H groups in total. The van der Waals surface area contributed by atoms with Crippen LogP contribution >= 0.6 is 46.4 Å². The Morgan fingerprint density at radius 3 is 2.21 bits per heavy atom. The van der Waals surface area contributed by atoms with E-state index in [2.05, 4.69) is 15.6 Å². The van der Waals surface area contributed by atoms with Crippen LogP contribution in [0.15, 0.2) is 47.1 Å². The second kappa shape index (κ2) is 7.03. The lowest BCUT2D eigenvalue weighted by atomic mass is 10.2. The quantitative estimate of drug-likeness (QED) is 0.693. The number of carbonyl (C=O) groups excluding carboxylic acids is 1. The fourth-order valence-corrected chi connectivity index (χ4v) is 2.93. The molecular formula is C16H9Cl4N3O. The number of nitrogens with zero attached hydrogens (tertiary/aromatic N) is 1. The van der Waals surface area contributed by atoms with Crippen molar-refractivity contribution in [2.24, 2.45) is 4.99 Å². The van der Waals surface area contributed by atoms with Gasteiger partial charge in [0, 0.05) is 15.1 Å². The van der Waals surface area contributed by atoms with E-state index in [4.69, 9.17) is 46.4 Å². The van der Waals surface area contributed by atoms with Crippen molar-refractivity contribution in [3.05, 3.63) is 67.7 Å². The van der Waals surface area contributed by atoms with Crippen molar-refractivity contribution in [3.63, 3.8) is 0 Å². The number of amides is 1. The van der Waals surface area contributed by atoms with E-state index in [1.165, 1.54) is 0 Å². The second-order valence-corrected chi connectivity index (χ2v) is 6.55. The van der Waals surface area contributed by atoms with Crippen molar-refractivity contribution < 1.29 is 4.79 Å². The molecule has 1 saturated heterocycles. The zero-order valence-corrected chi connectivity index (χ0v) is 14.9. The number of halogens is 4. The Morgan fingerprint density at radius 2 is 1.54 bits per heavy atom. The van der Waals surface area contributed by atoms with Crippen LogP contribution in [0.1, 0.15) is 5.56 Å². The minimum Gasteiger partial charge on any atom is -0.321 e. The largest absolute Gasteiger partial charge is 0.321 e. The number of nitrogens with one attached hydrogen (secondary N) is 2. The standard InChI is InChI=1S/C16H9Cl4N3O/c17-9-2-1-8(11(19)6-9)5-14-15(24)23-16(22-14)21-13-4-3-10(18)7-12(13)20/h1-7H,(H2,21,22,23,24)/b14-5+. The summed E-state index contributed by atoms with van der Waals surface area (Å²) in [5.41, 5.74) is 1.45. The molecule has 0 spiro atoms. The molecule has 1 amide bonds. The van der Waals surface area contributed by atoms with Gasteiger partial charge in [-0.2, -0.15) is 0 Å². The number of rotatable bonds is 2. The van der Waals surface area contributed by atoms with Gasteiger partial charge in [0.15, 0.2) is 0 Å². The Morgan fingerprint density at radius 1 is 0.875 bits per heavy atom. The summed E-state index contributed by atoms with van der Waals surface area (Å²) in [6, 6.07) is 9.90. The second-order valence-electron chi connectivity index (χ2n) is 4.86. The van der Waals surface area contributed by atoms with E-state index >= 15 is 0 Å². The van der Waals surface area contributed by atoms with Gasteiger partial charge >= 0.3 is 0 Å². The lowest BCUT2D eigenvalue weighted by Gasteiger charge is -2.02. The Hall–Kier alpha value is -1.72. The summed E-state index contributed by atoms with van der Waals surface area (Å²) in [5, 5.41) is 7.35. The summed E-state index contributed by atoms with van der Waals surface area (Å²) in [6.45, 7) is 0. The fourth-order valence-electron chi connectivity index (χ4n) is 2.01. The van der Waals surface area contributed by atoms with Crippen molar-refractivity contribution in [3.8, 4) is 0 Å². The van der Waals surface area contributed by atoms with Crippen LogP contribution < -0.4 is 10.6 Å². The first-order valence-electron chi connectivity index (χ1n) is 6.71. The van der Waals surface area contributed by atoms with Crippen molar-refractivity contribution in [1.29, 1.82) is 0 Å². The number of hydrogen-bond donors (Lipinski definition) is 2. The number of guanidine groups is 1. The average molecular weight is 401 g/mol. The molecule has 4 nitrogen and oxygen atoms in total. The summed E-state index contributed by atoms with van der Waals surface area (Å²) in [5.74, 6) is -0.0644. The van der Waals surface area contributed by atoms with Gasteiger partial charge < -0.3 is 5.32 Å². The molecule has 24 heavy (non-hydrogen) atoms. The molecule has 1 heterocycles. The summed E-state index contributed by atoms with van der Waals surface area (Å²) in [4.78, 5) is 16.3. The van der Waals surface area contributed by atoms with Gasteiger partial charge in [0.25, 0.3) is 5.91 Å². The van der Waals surface area contributed by atoms with E-state index in [0.29, 0.717) is 37.0 Å². The van der Waals surface area contributed by atoms with Crippen LogP contribution in [0.5, 0.6) is 0 Å². The fraction of sp³-hybridized carbons (Fsp3) is 0.